The lowest BCUT2D eigenvalue weighted by Crippen LogP contribution is -2.38. The average molecular weight is 333 g/mol. The van der Waals surface area contributed by atoms with Crippen molar-refractivity contribution in [1.29, 1.82) is 0 Å². The second kappa shape index (κ2) is 9.27. The SMILES string of the molecule is CCCCN(CC(=O)Nc1ccccc1N1CCOCC1)C(C)=O. The van der Waals surface area contributed by atoms with Crippen molar-refractivity contribution in [2.24, 2.45) is 0 Å². The first-order valence-corrected chi connectivity index (χ1v) is 8.59. The van der Waals surface area contributed by atoms with Gasteiger partial charge in [-0.05, 0) is 18.6 Å². The fourth-order valence-corrected chi connectivity index (χ4v) is 2.72. The molecule has 1 aromatic carbocycles. The number of para-hydroxylation sites is 2. The summed E-state index contributed by atoms with van der Waals surface area (Å²) in [7, 11) is 0. The van der Waals surface area contributed by atoms with Gasteiger partial charge in [-0.1, -0.05) is 25.5 Å². The lowest BCUT2D eigenvalue weighted by Gasteiger charge is -2.30. The zero-order valence-electron chi connectivity index (χ0n) is 14.6. The fraction of sp³-hybridized carbons (Fsp3) is 0.556. The van der Waals surface area contributed by atoms with Gasteiger partial charge in [0.05, 0.1) is 31.1 Å². The van der Waals surface area contributed by atoms with Gasteiger partial charge in [0.25, 0.3) is 0 Å². The highest BCUT2D eigenvalue weighted by Crippen LogP contribution is 2.26. The summed E-state index contributed by atoms with van der Waals surface area (Å²) in [6, 6.07) is 7.76. The molecule has 0 atom stereocenters. The molecule has 1 aliphatic heterocycles. The van der Waals surface area contributed by atoms with Crippen LogP contribution in [-0.4, -0.2) is 56.1 Å². The zero-order chi connectivity index (χ0) is 17.4. The van der Waals surface area contributed by atoms with Crippen LogP contribution in [0.1, 0.15) is 26.7 Å². The highest BCUT2D eigenvalue weighted by atomic mass is 16.5. The maximum Gasteiger partial charge on any atom is 0.244 e. The van der Waals surface area contributed by atoms with E-state index in [1.165, 1.54) is 6.92 Å². The van der Waals surface area contributed by atoms with E-state index in [0.717, 1.165) is 37.3 Å². The van der Waals surface area contributed by atoms with Gasteiger partial charge in [-0.15, -0.1) is 0 Å². The Morgan fingerprint density at radius 2 is 1.96 bits per heavy atom. The number of rotatable bonds is 7. The van der Waals surface area contributed by atoms with Crippen LogP contribution in [0.2, 0.25) is 0 Å². The number of carbonyl (C=O) groups excluding carboxylic acids is 2. The maximum absolute atomic E-state index is 12.4. The smallest absolute Gasteiger partial charge is 0.244 e. The number of hydrogen-bond donors (Lipinski definition) is 1. The molecule has 2 rings (SSSR count). The van der Waals surface area contributed by atoms with Crippen LogP contribution in [0.4, 0.5) is 11.4 Å². The topological polar surface area (TPSA) is 61.9 Å². The van der Waals surface area contributed by atoms with Crippen LogP contribution in [-0.2, 0) is 14.3 Å². The minimum Gasteiger partial charge on any atom is -0.378 e. The van der Waals surface area contributed by atoms with Crippen LogP contribution in [0.5, 0.6) is 0 Å². The third kappa shape index (κ3) is 5.23. The lowest BCUT2D eigenvalue weighted by atomic mass is 10.2. The molecular weight excluding hydrogens is 306 g/mol. The summed E-state index contributed by atoms with van der Waals surface area (Å²) in [6.07, 6.45) is 1.89. The fourth-order valence-electron chi connectivity index (χ4n) is 2.72. The molecule has 1 N–H and O–H groups in total. The Hall–Kier alpha value is -2.08. The first-order valence-electron chi connectivity index (χ1n) is 8.59. The van der Waals surface area contributed by atoms with Gasteiger partial charge >= 0.3 is 0 Å². The first kappa shape index (κ1) is 18.3. The molecule has 0 radical (unpaired) electrons. The number of unbranched alkanes of at least 4 members (excludes halogenated alkanes) is 1. The van der Waals surface area contributed by atoms with Crippen LogP contribution in [0.3, 0.4) is 0 Å². The van der Waals surface area contributed by atoms with Gasteiger partial charge in [0.1, 0.15) is 0 Å². The summed E-state index contributed by atoms with van der Waals surface area (Å²) in [6.45, 7) is 7.28. The predicted molar refractivity (Wildman–Crippen MR) is 95.3 cm³/mol. The largest absolute Gasteiger partial charge is 0.378 e. The number of carbonyl (C=O) groups is 2. The highest BCUT2D eigenvalue weighted by Gasteiger charge is 2.17. The van der Waals surface area contributed by atoms with Crippen LogP contribution in [0.25, 0.3) is 0 Å². The minimum atomic E-state index is -0.165. The Bertz CT molecular complexity index is 556. The van der Waals surface area contributed by atoms with E-state index in [-0.39, 0.29) is 18.4 Å². The molecule has 6 heteroatoms. The molecule has 0 spiro atoms. The molecule has 1 aliphatic rings. The molecule has 1 saturated heterocycles. The van der Waals surface area contributed by atoms with Crippen LogP contribution >= 0.6 is 0 Å². The Morgan fingerprint density at radius 1 is 1.25 bits per heavy atom. The lowest BCUT2D eigenvalue weighted by molar-refractivity contribution is -0.132. The van der Waals surface area contributed by atoms with E-state index in [1.54, 1.807) is 4.90 Å². The third-order valence-electron chi connectivity index (χ3n) is 4.09. The third-order valence-corrected chi connectivity index (χ3v) is 4.09. The molecule has 0 saturated carbocycles. The molecule has 0 unspecified atom stereocenters. The summed E-state index contributed by atoms with van der Waals surface area (Å²) >= 11 is 0. The number of hydrogen-bond acceptors (Lipinski definition) is 4. The predicted octanol–water partition coefficient (Wildman–Crippen LogP) is 2.11. The molecule has 0 aliphatic carbocycles. The first-order chi connectivity index (χ1) is 11.6. The second-order valence-corrected chi connectivity index (χ2v) is 5.96. The molecule has 6 nitrogen and oxygen atoms in total. The molecule has 1 aromatic rings. The van der Waals surface area contributed by atoms with Crippen molar-refractivity contribution < 1.29 is 14.3 Å². The summed E-state index contributed by atoms with van der Waals surface area (Å²) in [4.78, 5) is 27.9. The quantitative estimate of drug-likeness (QED) is 0.830. The molecule has 1 fully saturated rings. The van der Waals surface area contributed by atoms with E-state index >= 15 is 0 Å². The van der Waals surface area contributed by atoms with Crippen molar-refractivity contribution in [3.8, 4) is 0 Å². The highest BCUT2D eigenvalue weighted by molar-refractivity contribution is 5.97. The normalized spacial score (nSPS) is 14.3. The van der Waals surface area contributed by atoms with E-state index in [2.05, 4.69) is 17.1 Å². The standard InChI is InChI=1S/C18H27N3O3/c1-3-4-9-21(15(2)22)14-18(23)19-16-7-5-6-8-17(16)20-10-12-24-13-11-20/h5-8H,3-4,9-14H2,1-2H3,(H,19,23). The van der Waals surface area contributed by atoms with Gasteiger partial charge in [-0.2, -0.15) is 0 Å². The number of amides is 2. The van der Waals surface area contributed by atoms with E-state index in [4.69, 9.17) is 4.74 Å². The summed E-state index contributed by atoms with van der Waals surface area (Å²) in [5, 5.41) is 2.95. The molecule has 24 heavy (non-hydrogen) atoms. The van der Waals surface area contributed by atoms with Crippen molar-refractivity contribution in [2.75, 3.05) is 49.6 Å². The Labute approximate surface area is 143 Å². The number of benzene rings is 1. The molecule has 2 amide bonds. The monoisotopic (exact) mass is 333 g/mol. The van der Waals surface area contributed by atoms with Crippen molar-refractivity contribution in [1.82, 2.24) is 4.90 Å². The van der Waals surface area contributed by atoms with Gasteiger partial charge in [0.2, 0.25) is 11.8 Å². The maximum atomic E-state index is 12.4. The number of nitrogens with one attached hydrogen (secondary N) is 1. The number of anilines is 2. The molecule has 0 bridgehead atoms. The van der Waals surface area contributed by atoms with Crippen LogP contribution < -0.4 is 10.2 Å². The van der Waals surface area contributed by atoms with Crippen LogP contribution in [0, 0.1) is 0 Å². The molecule has 132 valence electrons. The molecule has 0 aromatic heterocycles. The zero-order valence-corrected chi connectivity index (χ0v) is 14.6. The average Bonchev–Trinajstić information content (AvgIpc) is 2.59. The summed E-state index contributed by atoms with van der Waals surface area (Å²) in [5.41, 5.74) is 1.78. The number of morpholine rings is 1. The van der Waals surface area contributed by atoms with E-state index in [9.17, 15) is 9.59 Å². The van der Waals surface area contributed by atoms with Gasteiger partial charge in [0.15, 0.2) is 0 Å². The van der Waals surface area contributed by atoms with Crippen LogP contribution in [0.15, 0.2) is 24.3 Å². The van der Waals surface area contributed by atoms with E-state index in [0.29, 0.717) is 19.8 Å². The molecule has 1 heterocycles. The van der Waals surface area contributed by atoms with Crippen molar-refractivity contribution in [3.05, 3.63) is 24.3 Å². The van der Waals surface area contributed by atoms with Gasteiger partial charge in [0, 0.05) is 26.6 Å². The molecular formula is C18H27N3O3. The minimum absolute atomic E-state index is 0.0694. The van der Waals surface area contributed by atoms with E-state index < -0.39 is 0 Å². The Morgan fingerprint density at radius 3 is 2.62 bits per heavy atom. The number of nitrogens with zero attached hydrogens (tertiary/aromatic N) is 2. The Kier molecular flexibility index (Phi) is 7.06. The second-order valence-electron chi connectivity index (χ2n) is 5.96. The van der Waals surface area contributed by atoms with Crippen molar-refractivity contribution in [3.63, 3.8) is 0 Å². The van der Waals surface area contributed by atoms with Gasteiger partial charge < -0.3 is 19.9 Å². The summed E-state index contributed by atoms with van der Waals surface area (Å²) in [5.74, 6) is -0.234. The van der Waals surface area contributed by atoms with Gasteiger partial charge in [-0.3, -0.25) is 9.59 Å². The van der Waals surface area contributed by atoms with Crippen molar-refractivity contribution in [2.45, 2.75) is 26.7 Å². The summed E-state index contributed by atoms with van der Waals surface area (Å²) < 4.78 is 5.39. The van der Waals surface area contributed by atoms with Crippen molar-refractivity contribution >= 4 is 23.2 Å². The number of ether oxygens (including phenoxy) is 1. The Balaban J connectivity index is 2.01. The van der Waals surface area contributed by atoms with Gasteiger partial charge in [-0.25, -0.2) is 0 Å². The van der Waals surface area contributed by atoms with E-state index in [1.807, 2.05) is 24.3 Å².